The van der Waals surface area contributed by atoms with Gasteiger partial charge in [0.2, 0.25) is 0 Å². The number of para-hydroxylation sites is 1. The highest BCUT2D eigenvalue weighted by molar-refractivity contribution is 5.86. The summed E-state index contributed by atoms with van der Waals surface area (Å²) in [7, 11) is 0. The molecule has 3 aromatic rings. The molecular formula is C20H16FNO. The Hall–Kier alpha value is -2.86. The van der Waals surface area contributed by atoms with Gasteiger partial charge in [-0.3, -0.25) is 0 Å². The second-order valence-corrected chi connectivity index (χ2v) is 5.32. The molecule has 114 valence electrons. The predicted octanol–water partition coefficient (Wildman–Crippen LogP) is 5.06. The Morgan fingerprint density at radius 3 is 2.52 bits per heavy atom. The van der Waals surface area contributed by atoms with E-state index in [9.17, 15) is 9.65 Å². The normalized spacial score (nSPS) is 11.8. The zero-order valence-electron chi connectivity index (χ0n) is 12.6. The van der Waals surface area contributed by atoms with Gasteiger partial charge in [-0.1, -0.05) is 54.6 Å². The van der Waals surface area contributed by atoms with Gasteiger partial charge in [-0.25, -0.2) is 4.39 Å². The molecule has 0 aliphatic rings. The molecule has 1 unspecified atom stereocenters. The van der Waals surface area contributed by atoms with E-state index in [1.807, 2.05) is 42.5 Å². The lowest BCUT2D eigenvalue weighted by atomic mass is 9.92. The summed E-state index contributed by atoms with van der Waals surface area (Å²) in [5.41, 5.74) is 0.989. The van der Waals surface area contributed by atoms with Crippen molar-refractivity contribution in [2.24, 2.45) is 0 Å². The van der Waals surface area contributed by atoms with E-state index >= 15 is 0 Å². The van der Waals surface area contributed by atoms with Gasteiger partial charge in [0.15, 0.2) is 11.6 Å². The maximum Gasteiger partial charge on any atom is 0.165 e. The fourth-order valence-corrected chi connectivity index (χ4v) is 2.69. The molecule has 0 N–H and O–H groups in total. The largest absolute Gasteiger partial charge is 0.490 e. The van der Waals surface area contributed by atoms with Crippen molar-refractivity contribution in [2.45, 2.75) is 12.3 Å². The lowest BCUT2D eigenvalue weighted by Crippen LogP contribution is -2.06. The molecule has 0 spiro atoms. The molecule has 3 heteroatoms. The summed E-state index contributed by atoms with van der Waals surface area (Å²) in [5, 5.41) is 11.7. The van der Waals surface area contributed by atoms with Crippen LogP contribution in [0.5, 0.6) is 5.75 Å². The van der Waals surface area contributed by atoms with Crippen LogP contribution in [0.15, 0.2) is 66.7 Å². The van der Waals surface area contributed by atoms with E-state index in [4.69, 9.17) is 4.74 Å². The maximum absolute atomic E-state index is 13.5. The van der Waals surface area contributed by atoms with Crippen LogP contribution in [0.2, 0.25) is 0 Å². The van der Waals surface area contributed by atoms with Crippen LogP contribution < -0.4 is 4.74 Å². The first-order valence-electron chi connectivity index (χ1n) is 7.54. The summed E-state index contributed by atoms with van der Waals surface area (Å²) in [5.74, 6) is -0.443. The Morgan fingerprint density at radius 2 is 1.70 bits per heavy atom. The van der Waals surface area contributed by atoms with Crippen LogP contribution in [0.25, 0.3) is 10.8 Å². The summed E-state index contributed by atoms with van der Waals surface area (Å²) in [6, 6.07) is 22.6. The van der Waals surface area contributed by atoms with E-state index < -0.39 is 0 Å². The minimum atomic E-state index is -0.383. The number of ether oxygens (including phenoxy) is 1. The van der Waals surface area contributed by atoms with Crippen molar-refractivity contribution in [3.8, 4) is 11.8 Å². The summed E-state index contributed by atoms with van der Waals surface area (Å²) >= 11 is 0. The highest BCUT2D eigenvalue weighted by Gasteiger charge is 2.14. The summed E-state index contributed by atoms with van der Waals surface area (Å²) < 4.78 is 19.0. The van der Waals surface area contributed by atoms with Crippen molar-refractivity contribution in [2.75, 3.05) is 6.61 Å². The number of fused-ring (bicyclic) bond motifs is 1. The minimum Gasteiger partial charge on any atom is -0.490 e. The molecule has 0 aromatic heterocycles. The third-order valence-electron chi connectivity index (χ3n) is 3.86. The number of benzene rings is 3. The molecular weight excluding hydrogens is 289 g/mol. The van der Waals surface area contributed by atoms with Gasteiger partial charge in [-0.15, -0.1) is 0 Å². The molecule has 0 heterocycles. The van der Waals surface area contributed by atoms with E-state index in [-0.39, 0.29) is 17.5 Å². The SMILES string of the molecule is N#CC(CCOc1ccccc1F)c1cccc2ccccc12. The topological polar surface area (TPSA) is 33.0 Å². The van der Waals surface area contributed by atoms with E-state index in [1.165, 1.54) is 6.07 Å². The molecule has 3 aromatic carbocycles. The quantitative estimate of drug-likeness (QED) is 0.660. The molecule has 1 atom stereocenters. The van der Waals surface area contributed by atoms with Crippen LogP contribution >= 0.6 is 0 Å². The average Bonchev–Trinajstić information content (AvgIpc) is 2.60. The minimum absolute atomic E-state index is 0.224. The molecule has 23 heavy (non-hydrogen) atoms. The number of hydrogen-bond acceptors (Lipinski definition) is 2. The van der Waals surface area contributed by atoms with Gasteiger partial charge in [-0.2, -0.15) is 5.26 Å². The third kappa shape index (κ3) is 3.32. The maximum atomic E-state index is 13.5. The van der Waals surface area contributed by atoms with Gasteiger partial charge in [0.05, 0.1) is 18.6 Å². The fraction of sp³-hybridized carbons (Fsp3) is 0.150. The Morgan fingerprint density at radius 1 is 0.957 bits per heavy atom. The van der Waals surface area contributed by atoms with Gasteiger partial charge in [-0.05, 0) is 28.5 Å². The monoisotopic (exact) mass is 305 g/mol. The molecule has 0 aliphatic carbocycles. The van der Waals surface area contributed by atoms with Crippen LogP contribution in [-0.4, -0.2) is 6.61 Å². The lowest BCUT2D eigenvalue weighted by Gasteiger charge is -2.13. The van der Waals surface area contributed by atoms with Crippen LogP contribution in [0.3, 0.4) is 0 Å². The fourth-order valence-electron chi connectivity index (χ4n) is 2.69. The molecule has 0 fully saturated rings. The van der Waals surface area contributed by atoms with Gasteiger partial charge < -0.3 is 4.74 Å². The van der Waals surface area contributed by atoms with Crippen molar-refractivity contribution in [1.82, 2.24) is 0 Å². The second-order valence-electron chi connectivity index (χ2n) is 5.32. The highest BCUT2D eigenvalue weighted by Crippen LogP contribution is 2.28. The van der Waals surface area contributed by atoms with E-state index in [2.05, 4.69) is 6.07 Å². The number of nitrogens with zero attached hydrogens (tertiary/aromatic N) is 1. The van der Waals surface area contributed by atoms with E-state index in [0.717, 1.165) is 16.3 Å². The molecule has 0 amide bonds. The first-order chi connectivity index (χ1) is 11.3. The number of halogens is 1. The molecule has 0 aliphatic heterocycles. The average molecular weight is 305 g/mol. The van der Waals surface area contributed by atoms with Gasteiger partial charge in [0.1, 0.15) is 0 Å². The van der Waals surface area contributed by atoms with E-state index in [0.29, 0.717) is 13.0 Å². The van der Waals surface area contributed by atoms with Crippen LogP contribution in [0.4, 0.5) is 4.39 Å². The van der Waals surface area contributed by atoms with Crippen molar-refractivity contribution in [3.63, 3.8) is 0 Å². The molecule has 0 bridgehead atoms. The lowest BCUT2D eigenvalue weighted by molar-refractivity contribution is 0.291. The van der Waals surface area contributed by atoms with Crippen LogP contribution in [0, 0.1) is 17.1 Å². The first-order valence-corrected chi connectivity index (χ1v) is 7.54. The Balaban J connectivity index is 1.75. The van der Waals surface area contributed by atoms with Gasteiger partial charge in [0.25, 0.3) is 0 Å². The number of nitriles is 1. The molecule has 2 nitrogen and oxygen atoms in total. The first kappa shape index (κ1) is 15.1. The molecule has 0 saturated carbocycles. The molecule has 3 rings (SSSR count). The second kappa shape index (κ2) is 6.93. The van der Waals surface area contributed by atoms with Crippen molar-refractivity contribution in [3.05, 3.63) is 78.1 Å². The summed E-state index contributed by atoms with van der Waals surface area (Å²) in [6.45, 7) is 0.294. The molecule has 0 saturated heterocycles. The van der Waals surface area contributed by atoms with Crippen molar-refractivity contribution in [1.29, 1.82) is 5.26 Å². The van der Waals surface area contributed by atoms with Crippen molar-refractivity contribution >= 4 is 10.8 Å². The summed E-state index contributed by atoms with van der Waals surface area (Å²) in [4.78, 5) is 0. The summed E-state index contributed by atoms with van der Waals surface area (Å²) in [6.07, 6.45) is 0.513. The predicted molar refractivity (Wildman–Crippen MR) is 88.8 cm³/mol. The zero-order chi connectivity index (χ0) is 16.1. The standard InChI is InChI=1S/C20H16FNO/c21-19-10-3-4-11-20(19)23-13-12-16(14-22)18-9-5-7-15-6-1-2-8-17(15)18/h1-11,16H,12-13H2. The third-order valence-corrected chi connectivity index (χ3v) is 3.86. The van der Waals surface area contributed by atoms with Crippen LogP contribution in [0.1, 0.15) is 17.9 Å². The van der Waals surface area contributed by atoms with Gasteiger partial charge in [0, 0.05) is 6.42 Å². The number of rotatable bonds is 5. The smallest absolute Gasteiger partial charge is 0.165 e. The highest BCUT2D eigenvalue weighted by atomic mass is 19.1. The zero-order valence-corrected chi connectivity index (χ0v) is 12.6. The van der Waals surface area contributed by atoms with Crippen LogP contribution in [-0.2, 0) is 0 Å². The number of hydrogen-bond donors (Lipinski definition) is 0. The Kier molecular flexibility index (Phi) is 4.54. The Bertz CT molecular complexity index is 848. The Labute approximate surface area is 134 Å². The van der Waals surface area contributed by atoms with Gasteiger partial charge >= 0.3 is 0 Å². The molecule has 0 radical (unpaired) electrons. The van der Waals surface area contributed by atoms with Crippen molar-refractivity contribution < 1.29 is 9.13 Å². The van der Waals surface area contributed by atoms with E-state index in [1.54, 1.807) is 18.2 Å².